The van der Waals surface area contributed by atoms with E-state index in [-0.39, 0.29) is 12.0 Å². The zero-order valence-electron chi connectivity index (χ0n) is 15.4. The fourth-order valence-electron chi connectivity index (χ4n) is 4.34. The van der Waals surface area contributed by atoms with Crippen LogP contribution in [-0.2, 0) is 4.79 Å². The Balaban J connectivity index is 1.42. The highest BCUT2D eigenvalue weighted by Crippen LogP contribution is 2.30. The lowest BCUT2D eigenvalue weighted by Crippen LogP contribution is -2.47. The minimum Gasteiger partial charge on any atom is -0.388 e. The molecule has 3 rings (SSSR count). The average molecular weight is 344 g/mol. The van der Waals surface area contributed by atoms with Gasteiger partial charge >= 0.3 is 0 Å². The lowest BCUT2D eigenvalue weighted by Gasteiger charge is -2.35. The van der Waals surface area contributed by atoms with Crippen molar-refractivity contribution in [1.82, 2.24) is 10.2 Å². The summed E-state index contributed by atoms with van der Waals surface area (Å²) in [7, 11) is 0. The second-order valence-corrected chi connectivity index (χ2v) is 7.90. The van der Waals surface area contributed by atoms with Gasteiger partial charge in [0.15, 0.2) is 0 Å². The first-order chi connectivity index (χ1) is 12.1. The molecular weight excluding hydrogens is 312 g/mol. The molecule has 0 unspecified atom stereocenters. The number of nitrogens with one attached hydrogen (secondary N) is 1. The van der Waals surface area contributed by atoms with Crippen LogP contribution in [0.4, 0.5) is 0 Å². The fraction of sp³-hybridized carbons (Fsp3) is 0.667. The molecule has 0 radical (unpaired) electrons. The van der Waals surface area contributed by atoms with Gasteiger partial charge in [0.25, 0.3) is 0 Å². The number of hydrogen-bond acceptors (Lipinski definition) is 3. The highest BCUT2D eigenvalue weighted by atomic mass is 16.3. The van der Waals surface area contributed by atoms with Crippen LogP contribution in [0.5, 0.6) is 0 Å². The van der Waals surface area contributed by atoms with Crippen LogP contribution >= 0.6 is 0 Å². The minimum atomic E-state index is -0.389. The summed E-state index contributed by atoms with van der Waals surface area (Å²) < 4.78 is 0. The topological polar surface area (TPSA) is 52.6 Å². The minimum absolute atomic E-state index is 0.167. The number of aliphatic hydroxyl groups is 1. The largest absolute Gasteiger partial charge is 0.388 e. The maximum Gasteiger partial charge on any atom is 0.234 e. The highest BCUT2D eigenvalue weighted by Gasteiger charge is 2.28. The van der Waals surface area contributed by atoms with Crippen molar-refractivity contribution in [3.05, 3.63) is 35.9 Å². The van der Waals surface area contributed by atoms with E-state index in [1.165, 1.54) is 19.3 Å². The summed E-state index contributed by atoms with van der Waals surface area (Å²) >= 11 is 0. The van der Waals surface area contributed by atoms with Crippen molar-refractivity contribution in [3.63, 3.8) is 0 Å². The second kappa shape index (κ2) is 8.81. The van der Waals surface area contributed by atoms with E-state index in [2.05, 4.69) is 17.1 Å². The van der Waals surface area contributed by atoms with Crippen LogP contribution in [-0.4, -0.2) is 41.6 Å². The van der Waals surface area contributed by atoms with Crippen molar-refractivity contribution in [3.8, 4) is 0 Å². The number of hydrogen-bond donors (Lipinski definition) is 2. The number of likely N-dealkylation sites (tertiary alicyclic amines) is 1. The number of rotatable bonds is 5. The van der Waals surface area contributed by atoms with E-state index in [0.29, 0.717) is 24.4 Å². The van der Waals surface area contributed by atoms with Gasteiger partial charge in [-0.05, 0) is 56.2 Å². The van der Waals surface area contributed by atoms with E-state index in [1.807, 2.05) is 30.3 Å². The lowest BCUT2D eigenvalue weighted by molar-refractivity contribution is -0.124. The molecule has 2 aliphatic rings. The summed E-state index contributed by atoms with van der Waals surface area (Å²) in [5, 5.41) is 13.8. The van der Waals surface area contributed by atoms with E-state index >= 15 is 0 Å². The smallest absolute Gasteiger partial charge is 0.234 e. The number of benzene rings is 1. The first kappa shape index (κ1) is 18.4. The first-order valence-corrected chi connectivity index (χ1v) is 9.88. The van der Waals surface area contributed by atoms with Gasteiger partial charge in [0.2, 0.25) is 5.91 Å². The standard InChI is InChI=1S/C21H32N2O2/c1-16-7-5-6-10-19(16)22-20(24)15-23-13-11-18(12-14-23)21(25)17-8-3-2-4-9-17/h2-4,8-9,16,18-19,21,25H,5-7,10-15H2,1H3,(H,22,24)/t16-,19-,21-/m1/s1. The lowest BCUT2D eigenvalue weighted by atomic mass is 9.86. The maximum atomic E-state index is 12.4. The Bertz CT molecular complexity index is 540. The molecule has 138 valence electrons. The van der Waals surface area contributed by atoms with E-state index in [9.17, 15) is 9.90 Å². The van der Waals surface area contributed by atoms with Crippen LogP contribution in [0, 0.1) is 11.8 Å². The third kappa shape index (κ3) is 5.05. The predicted molar refractivity (Wildman–Crippen MR) is 100 cm³/mol. The summed E-state index contributed by atoms with van der Waals surface area (Å²) in [5.41, 5.74) is 1.00. The molecule has 25 heavy (non-hydrogen) atoms. The molecule has 1 amide bonds. The summed E-state index contributed by atoms with van der Waals surface area (Å²) in [5.74, 6) is 1.06. The Kier molecular flexibility index (Phi) is 6.49. The molecule has 1 aromatic rings. The molecule has 0 spiro atoms. The molecular formula is C21H32N2O2. The SMILES string of the molecule is C[C@@H]1CCCC[C@H]1NC(=O)CN1CCC([C@H](O)c2ccccc2)CC1. The number of carbonyl (C=O) groups excluding carboxylic acids is 1. The van der Waals surface area contributed by atoms with E-state index in [4.69, 9.17) is 0 Å². The van der Waals surface area contributed by atoms with E-state index in [0.717, 1.165) is 37.9 Å². The molecule has 2 fully saturated rings. The molecule has 3 atom stereocenters. The summed E-state index contributed by atoms with van der Waals surface area (Å²) in [4.78, 5) is 14.6. The van der Waals surface area contributed by atoms with Gasteiger partial charge in [0.1, 0.15) is 0 Å². The molecule has 0 bridgehead atoms. The van der Waals surface area contributed by atoms with Gasteiger partial charge < -0.3 is 10.4 Å². The molecule has 1 saturated heterocycles. The van der Waals surface area contributed by atoms with Crippen molar-refractivity contribution in [1.29, 1.82) is 0 Å². The van der Waals surface area contributed by atoms with Crippen molar-refractivity contribution >= 4 is 5.91 Å². The molecule has 0 aromatic heterocycles. The summed E-state index contributed by atoms with van der Waals surface area (Å²) in [6, 6.07) is 10.3. The van der Waals surface area contributed by atoms with Crippen LogP contribution in [0.15, 0.2) is 30.3 Å². The number of aliphatic hydroxyl groups excluding tert-OH is 1. The Labute approximate surface area is 151 Å². The van der Waals surface area contributed by atoms with Gasteiger partial charge in [-0.2, -0.15) is 0 Å². The Hall–Kier alpha value is -1.39. The zero-order valence-corrected chi connectivity index (χ0v) is 15.4. The van der Waals surface area contributed by atoms with Crippen LogP contribution < -0.4 is 5.32 Å². The number of carbonyl (C=O) groups is 1. The fourth-order valence-corrected chi connectivity index (χ4v) is 4.34. The predicted octanol–water partition coefficient (Wildman–Crippen LogP) is 3.13. The Morgan fingerprint density at radius 2 is 1.84 bits per heavy atom. The van der Waals surface area contributed by atoms with Crippen molar-refractivity contribution in [2.45, 2.75) is 57.6 Å². The molecule has 1 saturated carbocycles. The van der Waals surface area contributed by atoms with Crippen molar-refractivity contribution in [2.24, 2.45) is 11.8 Å². The molecule has 1 aromatic carbocycles. The molecule has 2 N–H and O–H groups in total. The monoisotopic (exact) mass is 344 g/mol. The maximum absolute atomic E-state index is 12.4. The number of amides is 1. The van der Waals surface area contributed by atoms with Crippen molar-refractivity contribution < 1.29 is 9.90 Å². The van der Waals surface area contributed by atoms with Gasteiger partial charge in [-0.1, -0.05) is 50.1 Å². The van der Waals surface area contributed by atoms with Crippen LogP contribution in [0.1, 0.15) is 57.1 Å². The molecule has 1 aliphatic carbocycles. The summed E-state index contributed by atoms with van der Waals surface area (Å²) in [6.07, 6.45) is 6.39. The van der Waals surface area contributed by atoms with Gasteiger partial charge in [0, 0.05) is 6.04 Å². The van der Waals surface area contributed by atoms with Crippen LogP contribution in [0.3, 0.4) is 0 Å². The van der Waals surface area contributed by atoms with E-state index in [1.54, 1.807) is 0 Å². The first-order valence-electron chi connectivity index (χ1n) is 9.88. The molecule has 1 aliphatic heterocycles. The third-order valence-electron chi connectivity index (χ3n) is 6.04. The highest BCUT2D eigenvalue weighted by molar-refractivity contribution is 5.78. The average Bonchev–Trinajstić information content (AvgIpc) is 2.64. The third-order valence-corrected chi connectivity index (χ3v) is 6.04. The normalized spacial score (nSPS) is 27.0. The van der Waals surface area contributed by atoms with Crippen molar-refractivity contribution in [2.75, 3.05) is 19.6 Å². The van der Waals surface area contributed by atoms with Gasteiger partial charge in [-0.25, -0.2) is 0 Å². The molecule has 4 heteroatoms. The quantitative estimate of drug-likeness (QED) is 0.863. The van der Waals surface area contributed by atoms with Gasteiger partial charge in [-0.15, -0.1) is 0 Å². The number of nitrogens with zero attached hydrogens (tertiary/aromatic N) is 1. The summed E-state index contributed by atoms with van der Waals surface area (Å²) in [6.45, 7) is 4.53. The number of piperidine rings is 1. The zero-order chi connectivity index (χ0) is 17.6. The van der Waals surface area contributed by atoms with Crippen LogP contribution in [0.25, 0.3) is 0 Å². The molecule has 4 nitrogen and oxygen atoms in total. The Morgan fingerprint density at radius 3 is 2.52 bits per heavy atom. The van der Waals surface area contributed by atoms with Gasteiger partial charge in [-0.3, -0.25) is 9.69 Å². The van der Waals surface area contributed by atoms with E-state index < -0.39 is 0 Å². The molecule has 1 heterocycles. The Morgan fingerprint density at radius 1 is 1.16 bits per heavy atom. The second-order valence-electron chi connectivity index (χ2n) is 7.90. The van der Waals surface area contributed by atoms with Gasteiger partial charge in [0.05, 0.1) is 12.6 Å². The van der Waals surface area contributed by atoms with Crippen LogP contribution in [0.2, 0.25) is 0 Å².